The van der Waals surface area contributed by atoms with E-state index in [-0.39, 0.29) is 35.7 Å². The Hall–Kier alpha value is -0.160. The van der Waals surface area contributed by atoms with Crippen molar-refractivity contribution in [3.05, 3.63) is 0 Å². The summed E-state index contributed by atoms with van der Waals surface area (Å²) in [5.41, 5.74) is 0.0282. The highest BCUT2D eigenvalue weighted by atomic mass is 16.3. The van der Waals surface area contributed by atoms with Crippen molar-refractivity contribution in [1.29, 1.82) is 0 Å². The molecule has 4 fully saturated rings. The average Bonchev–Trinajstić information content (AvgIpc) is 3.01. The Bertz CT molecular complexity index is 567. The third kappa shape index (κ3) is 3.01. The zero-order chi connectivity index (χ0) is 20.3. The predicted octanol–water partition coefficient (Wildman–Crippen LogP) is 3.36. The fourth-order valence-electron chi connectivity index (χ4n) is 8.75. The topological polar surface area (TPSA) is 80.9 Å². The molecular formula is C24H42O4. The van der Waals surface area contributed by atoms with Crippen LogP contribution < -0.4 is 0 Å². The second kappa shape index (κ2) is 7.51. The molecule has 0 aliphatic heterocycles. The van der Waals surface area contributed by atoms with Crippen molar-refractivity contribution in [2.45, 2.75) is 96.9 Å². The molecule has 4 aliphatic rings. The van der Waals surface area contributed by atoms with Crippen LogP contribution in [0, 0.1) is 46.3 Å². The lowest BCUT2D eigenvalue weighted by Gasteiger charge is -2.63. The van der Waals surface area contributed by atoms with Crippen molar-refractivity contribution in [2.24, 2.45) is 46.3 Å². The number of fused-ring (bicyclic) bond motifs is 5. The lowest BCUT2D eigenvalue weighted by atomic mass is 9.43. The fourth-order valence-corrected chi connectivity index (χ4v) is 8.75. The van der Waals surface area contributed by atoms with Gasteiger partial charge in [0.2, 0.25) is 0 Å². The maximum Gasteiger partial charge on any atom is 0.0602 e. The first-order valence-electron chi connectivity index (χ1n) is 11.9. The highest BCUT2D eigenvalue weighted by Crippen LogP contribution is 2.68. The summed E-state index contributed by atoms with van der Waals surface area (Å²) in [6, 6.07) is 0. The van der Waals surface area contributed by atoms with Gasteiger partial charge in [-0.25, -0.2) is 0 Å². The Morgan fingerprint density at radius 1 is 0.964 bits per heavy atom. The largest absolute Gasteiger partial charge is 0.396 e. The van der Waals surface area contributed by atoms with Gasteiger partial charge in [0.25, 0.3) is 0 Å². The van der Waals surface area contributed by atoms with Crippen LogP contribution in [0.5, 0.6) is 0 Å². The van der Waals surface area contributed by atoms with Crippen LogP contribution in [-0.2, 0) is 0 Å². The molecule has 0 spiro atoms. The lowest BCUT2D eigenvalue weighted by Crippen LogP contribution is -2.62. The standard InChI is InChI=1S/C24H42O4/c1-14(5-4-10-25)17-6-7-18-22-19(13-21(28)24(17,18)3)23(2)9-8-16(26)11-15(23)12-20(22)27/h14-22,25-28H,4-13H2,1-3H3/t14-,15+,16-,17?,18+,19+,20-,21+,22?,23+,24-/m1/s1. The maximum absolute atomic E-state index is 11.5. The molecular weight excluding hydrogens is 352 g/mol. The van der Waals surface area contributed by atoms with Gasteiger partial charge in [-0.1, -0.05) is 20.8 Å². The number of aliphatic hydroxyl groups excluding tert-OH is 4. The second-order valence-corrected chi connectivity index (χ2v) is 11.4. The highest BCUT2D eigenvalue weighted by Gasteiger charge is 2.65. The van der Waals surface area contributed by atoms with Crippen LogP contribution in [-0.4, -0.2) is 45.3 Å². The van der Waals surface area contributed by atoms with Gasteiger partial charge in [0.15, 0.2) is 0 Å². The third-order valence-electron chi connectivity index (χ3n) is 10.3. The normalized spacial score (nSPS) is 54.5. The minimum atomic E-state index is -0.308. The van der Waals surface area contributed by atoms with Crippen LogP contribution in [0.3, 0.4) is 0 Å². The molecule has 4 N–H and O–H groups in total. The monoisotopic (exact) mass is 394 g/mol. The highest BCUT2D eigenvalue weighted by molar-refractivity contribution is 5.14. The van der Waals surface area contributed by atoms with Gasteiger partial charge in [0.05, 0.1) is 18.3 Å². The molecule has 0 aromatic carbocycles. The van der Waals surface area contributed by atoms with Gasteiger partial charge in [-0.05, 0) is 104 Å². The minimum Gasteiger partial charge on any atom is -0.396 e. The number of rotatable bonds is 4. The molecule has 0 saturated heterocycles. The molecule has 0 bridgehead atoms. The molecule has 28 heavy (non-hydrogen) atoms. The molecule has 4 aliphatic carbocycles. The molecule has 4 rings (SSSR count). The summed E-state index contributed by atoms with van der Waals surface area (Å²) in [4.78, 5) is 0. The Labute approximate surface area is 170 Å². The summed E-state index contributed by atoms with van der Waals surface area (Å²) in [6.45, 7) is 7.23. The molecule has 0 heterocycles. The SMILES string of the molecule is C[C@H](CCCO)C1CC[C@H]2C3[C@H](O)C[C@@H]4C[C@H](O)CC[C@]4(C)[C@H]3C[C@H](O)[C@]12C. The molecule has 0 aromatic rings. The number of hydrogen-bond donors (Lipinski definition) is 4. The van der Waals surface area contributed by atoms with Crippen molar-refractivity contribution < 1.29 is 20.4 Å². The van der Waals surface area contributed by atoms with Crippen molar-refractivity contribution >= 4 is 0 Å². The molecule has 4 heteroatoms. The molecule has 4 saturated carbocycles. The number of hydrogen-bond acceptors (Lipinski definition) is 4. The van der Waals surface area contributed by atoms with Gasteiger partial charge in [-0.3, -0.25) is 0 Å². The van der Waals surface area contributed by atoms with E-state index >= 15 is 0 Å². The minimum absolute atomic E-state index is 0.117. The zero-order valence-electron chi connectivity index (χ0n) is 18.1. The van der Waals surface area contributed by atoms with Crippen molar-refractivity contribution in [1.82, 2.24) is 0 Å². The Morgan fingerprint density at radius 3 is 2.43 bits per heavy atom. The van der Waals surface area contributed by atoms with E-state index in [1.807, 2.05) is 0 Å². The Kier molecular flexibility index (Phi) is 5.66. The smallest absolute Gasteiger partial charge is 0.0602 e. The zero-order valence-corrected chi connectivity index (χ0v) is 18.1. The molecule has 11 atom stereocenters. The van der Waals surface area contributed by atoms with Crippen LogP contribution in [0.1, 0.15) is 78.6 Å². The quantitative estimate of drug-likeness (QED) is 0.589. The van der Waals surface area contributed by atoms with E-state index in [2.05, 4.69) is 20.8 Å². The molecule has 4 nitrogen and oxygen atoms in total. The Balaban J connectivity index is 1.62. The van der Waals surface area contributed by atoms with E-state index in [1.165, 1.54) is 0 Å². The fraction of sp³-hybridized carbons (Fsp3) is 1.00. The van der Waals surface area contributed by atoms with Crippen LogP contribution in [0.25, 0.3) is 0 Å². The van der Waals surface area contributed by atoms with Crippen molar-refractivity contribution in [3.8, 4) is 0 Å². The van der Waals surface area contributed by atoms with Crippen molar-refractivity contribution in [2.75, 3.05) is 6.61 Å². The molecule has 0 aromatic heterocycles. The maximum atomic E-state index is 11.5. The van der Waals surface area contributed by atoms with Crippen LogP contribution in [0.4, 0.5) is 0 Å². The molecule has 0 amide bonds. The summed E-state index contributed by atoms with van der Waals surface area (Å²) < 4.78 is 0. The lowest BCUT2D eigenvalue weighted by molar-refractivity contribution is -0.207. The molecule has 0 radical (unpaired) electrons. The van der Waals surface area contributed by atoms with Crippen LogP contribution in [0.2, 0.25) is 0 Å². The summed E-state index contributed by atoms with van der Waals surface area (Å²) in [5, 5.41) is 42.2. The van der Waals surface area contributed by atoms with Crippen molar-refractivity contribution in [3.63, 3.8) is 0 Å². The van der Waals surface area contributed by atoms with E-state index in [0.717, 1.165) is 57.8 Å². The second-order valence-electron chi connectivity index (χ2n) is 11.4. The van der Waals surface area contributed by atoms with Gasteiger partial charge >= 0.3 is 0 Å². The first-order chi connectivity index (χ1) is 13.2. The van der Waals surface area contributed by atoms with Gasteiger partial charge in [-0.15, -0.1) is 0 Å². The first kappa shape index (κ1) is 21.1. The van der Waals surface area contributed by atoms with Gasteiger partial charge in [0.1, 0.15) is 0 Å². The Morgan fingerprint density at radius 2 is 1.71 bits per heavy atom. The summed E-state index contributed by atoms with van der Waals surface area (Å²) >= 11 is 0. The van der Waals surface area contributed by atoms with E-state index in [4.69, 9.17) is 0 Å². The van der Waals surface area contributed by atoms with E-state index < -0.39 is 0 Å². The van der Waals surface area contributed by atoms with Gasteiger partial charge in [0, 0.05) is 6.61 Å². The van der Waals surface area contributed by atoms with Crippen LogP contribution in [0.15, 0.2) is 0 Å². The van der Waals surface area contributed by atoms with E-state index in [1.54, 1.807) is 0 Å². The summed E-state index contributed by atoms with van der Waals surface area (Å²) in [6.07, 6.45) is 7.62. The third-order valence-corrected chi connectivity index (χ3v) is 10.3. The average molecular weight is 395 g/mol. The molecule has 162 valence electrons. The molecule has 2 unspecified atom stereocenters. The van der Waals surface area contributed by atoms with E-state index in [9.17, 15) is 20.4 Å². The summed E-state index contributed by atoms with van der Waals surface area (Å²) in [5.74, 6) is 2.41. The first-order valence-corrected chi connectivity index (χ1v) is 11.9. The van der Waals surface area contributed by atoms with Crippen LogP contribution >= 0.6 is 0 Å². The van der Waals surface area contributed by atoms with Gasteiger partial charge in [-0.2, -0.15) is 0 Å². The predicted molar refractivity (Wildman–Crippen MR) is 109 cm³/mol. The number of aliphatic hydroxyl groups is 4. The van der Waals surface area contributed by atoms with E-state index in [0.29, 0.717) is 35.5 Å². The summed E-state index contributed by atoms with van der Waals surface area (Å²) in [7, 11) is 0. The van der Waals surface area contributed by atoms with Gasteiger partial charge < -0.3 is 20.4 Å².